The minimum Gasteiger partial charge on any atom is -0.478 e. The van der Waals surface area contributed by atoms with Crippen molar-refractivity contribution < 1.29 is 14.3 Å². The van der Waals surface area contributed by atoms with Crippen LogP contribution in [0.1, 0.15) is 21.5 Å². The van der Waals surface area contributed by atoms with Gasteiger partial charge in [-0.25, -0.2) is 9.18 Å². The highest BCUT2D eigenvalue weighted by molar-refractivity contribution is 6.31. The van der Waals surface area contributed by atoms with Gasteiger partial charge < -0.3 is 15.7 Å². The molecule has 0 fully saturated rings. The van der Waals surface area contributed by atoms with Crippen molar-refractivity contribution >= 4 is 45.5 Å². The van der Waals surface area contributed by atoms with E-state index in [0.29, 0.717) is 34.4 Å². The fourth-order valence-electron chi connectivity index (χ4n) is 3.26. The molecule has 1 aromatic heterocycles. The molecule has 0 aliphatic rings. The number of hydrogen-bond donors (Lipinski definition) is 3. The van der Waals surface area contributed by atoms with Gasteiger partial charge in [0, 0.05) is 29.5 Å². The van der Waals surface area contributed by atoms with Gasteiger partial charge in [-0.3, -0.25) is 4.98 Å². The van der Waals surface area contributed by atoms with Gasteiger partial charge in [-0.05, 0) is 54.1 Å². The number of nitrogens with one attached hydrogen (secondary N) is 2. The van der Waals surface area contributed by atoms with Gasteiger partial charge in [0.2, 0.25) is 0 Å². The maximum Gasteiger partial charge on any atom is 0.335 e. The summed E-state index contributed by atoms with van der Waals surface area (Å²) in [4.78, 5) is 15.5. The molecule has 0 aliphatic heterocycles. The topological polar surface area (TPSA) is 98.0 Å². The van der Waals surface area contributed by atoms with Crippen LogP contribution >= 0.6 is 11.6 Å². The lowest BCUT2D eigenvalue weighted by atomic mass is 10.1. The molecule has 3 aromatic carbocycles. The Morgan fingerprint density at radius 3 is 2.69 bits per heavy atom. The number of benzene rings is 3. The molecule has 4 aromatic rings. The summed E-state index contributed by atoms with van der Waals surface area (Å²) in [6, 6.07) is 18.5. The van der Waals surface area contributed by atoms with Crippen LogP contribution in [0.2, 0.25) is 5.02 Å². The van der Waals surface area contributed by atoms with Crippen LogP contribution in [0.5, 0.6) is 0 Å². The highest BCUT2D eigenvalue weighted by Gasteiger charge is 2.12. The third kappa shape index (κ3) is 4.46. The first-order valence-electron chi connectivity index (χ1n) is 9.55. The molecule has 0 atom stereocenters. The number of nitriles is 1. The lowest BCUT2D eigenvalue weighted by Gasteiger charge is -2.14. The molecular formula is C24H16ClFN4O2. The number of pyridine rings is 1. The van der Waals surface area contributed by atoms with Crippen LogP contribution < -0.4 is 10.6 Å². The van der Waals surface area contributed by atoms with Crippen LogP contribution in [-0.4, -0.2) is 16.1 Å². The maximum absolute atomic E-state index is 13.5. The molecule has 3 N–H and O–H groups in total. The normalized spacial score (nSPS) is 10.5. The van der Waals surface area contributed by atoms with Crippen molar-refractivity contribution in [1.29, 1.82) is 5.26 Å². The molecule has 1 heterocycles. The molecule has 6 nitrogen and oxygen atoms in total. The molecule has 0 saturated carbocycles. The summed E-state index contributed by atoms with van der Waals surface area (Å²) in [7, 11) is 0. The van der Waals surface area contributed by atoms with Crippen molar-refractivity contribution in [3.63, 3.8) is 0 Å². The van der Waals surface area contributed by atoms with Gasteiger partial charge in [0.1, 0.15) is 11.9 Å². The number of aromatic nitrogens is 1. The zero-order chi connectivity index (χ0) is 22.7. The molecule has 0 spiro atoms. The molecular weight excluding hydrogens is 431 g/mol. The monoisotopic (exact) mass is 446 g/mol. The lowest BCUT2D eigenvalue weighted by Crippen LogP contribution is -2.03. The molecule has 0 radical (unpaired) electrons. The van der Waals surface area contributed by atoms with Crippen LogP contribution in [0.4, 0.5) is 21.5 Å². The molecule has 0 unspecified atom stereocenters. The molecule has 4 rings (SSSR count). The first kappa shape index (κ1) is 21.1. The second-order valence-electron chi connectivity index (χ2n) is 7.00. The molecule has 0 amide bonds. The average Bonchev–Trinajstić information content (AvgIpc) is 2.80. The standard InChI is InChI=1S/C24H16ClFN4O2/c25-20-10-18(4-6-21(20)26)30-23-16(11-27)13-29-22-7-5-17(9-19(22)23)28-12-14-2-1-3-15(8-14)24(31)32/h1-10,13,28H,12H2,(H,29,30)(H,31,32). The van der Waals surface area contributed by atoms with Gasteiger partial charge >= 0.3 is 5.97 Å². The van der Waals surface area contributed by atoms with E-state index in [4.69, 9.17) is 16.7 Å². The van der Waals surface area contributed by atoms with Gasteiger partial charge in [-0.1, -0.05) is 23.7 Å². The van der Waals surface area contributed by atoms with Crippen molar-refractivity contribution in [3.8, 4) is 6.07 Å². The van der Waals surface area contributed by atoms with Crippen LogP contribution in [-0.2, 0) is 6.54 Å². The Kier molecular flexibility index (Phi) is 5.88. The third-order valence-electron chi connectivity index (χ3n) is 4.85. The second kappa shape index (κ2) is 8.92. The van der Waals surface area contributed by atoms with E-state index < -0.39 is 11.8 Å². The van der Waals surface area contributed by atoms with Crippen LogP contribution in [0.25, 0.3) is 10.9 Å². The number of nitrogens with zero attached hydrogens (tertiary/aromatic N) is 2. The quantitative estimate of drug-likeness (QED) is 0.338. The number of carbonyl (C=O) groups is 1. The van der Waals surface area contributed by atoms with E-state index in [9.17, 15) is 14.4 Å². The minimum absolute atomic E-state index is 0.0298. The predicted molar refractivity (Wildman–Crippen MR) is 122 cm³/mol. The van der Waals surface area contributed by atoms with Crippen molar-refractivity contribution in [2.75, 3.05) is 10.6 Å². The highest BCUT2D eigenvalue weighted by Crippen LogP contribution is 2.32. The van der Waals surface area contributed by atoms with Crippen molar-refractivity contribution in [2.45, 2.75) is 6.54 Å². The Labute approximate surface area is 187 Å². The third-order valence-corrected chi connectivity index (χ3v) is 5.14. The lowest BCUT2D eigenvalue weighted by molar-refractivity contribution is 0.0696. The number of aromatic carboxylic acids is 1. The minimum atomic E-state index is -0.982. The van der Waals surface area contributed by atoms with Gasteiger partial charge in [-0.15, -0.1) is 0 Å². The average molecular weight is 447 g/mol. The molecule has 0 saturated heterocycles. The van der Waals surface area contributed by atoms with Crippen LogP contribution in [0.3, 0.4) is 0 Å². The number of fused-ring (bicyclic) bond motifs is 1. The fourth-order valence-corrected chi connectivity index (χ4v) is 3.44. The Bertz CT molecular complexity index is 1380. The summed E-state index contributed by atoms with van der Waals surface area (Å²) in [6.07, 6.45) is 1.47. The summed E-state index contributed by atoms with van der Waals surface area (Å²) in [5.74, 6) is -1.51. The Morgan fingerprint density at radius 1 is 1.12 bits per heavy atom. The van der Waals surface area contributed by atoms with Crippen molar-refractivity contribution in [1.82, 2.24) is 4.98 Å². The summed E-state index contributed by atoms with van der Waals surface area (Å²) in [6.45, 7) is 0.411. The van der Waals surface area contributed by atoms with Crippen LogP contribution in [0.15, 0.2) is 66.9 Å². The second-order valence-corrected chi connectivity index (χ2v) is 7.41. The molecule has 158 valence electrons. The van der Waals surface area contributed by atoms with Crippen molar-refractivity contribution in [2.24, 2.45) is 0 Å². The summed E-state index contributed by atoms with van der Waals surface area (Å²) >= 11 is 5.89. The van der Waals surface area contributed by atoms with E-state index in [-0.39, 0.29) is 10.6 Å². The zero-order valence-corrected chi connectivity index (χ0v) is 17.3. The van der Waals surface area contributed by atoms with E-state index in [2.05, 4.69) is 21.7 Å². The van der Waals surface area contributed by atoms with E-state index in [0.717, 1.165) is 11.3 Å². The molecule has 0 bridgehead atoms. The predicted octanol–water partition coefficient (Wildman–Crippen LogP) is 5.95. The number of carboxylic acids is 1. The van der Waals surface area contributed by atoms with Gasteiger partial charge in [0.05, 0.1) is 27.4 Å². The SMILES string of the molecule is N#Cc1cnc2ccc(NCc3cccc(C(=O)O)c3)cc2c1Nc1ccc(F)c(Cl)c1. The summed E-state index contributed by atoms with van der Waals surface area (Å²) < 4.78 is 13.5. The number of rotatable bonds is 6. The summed E-state index contributed by atoms with van der Waals surface area (Å²) in [5, 5.41) is 25.8. The van der Waals surface area contributed by atoms with Crippen LogP contribution in [0, 0.1) is 17.1 Å². The van der Waals surface area contributed by atoms with E-state index in [1.54, 1.807) is 12.1 Å². The zero-order valence-electron chi connectivity index (χ0n) is 16.6. The van der Waals surface area contributed by atoms with E-state index >= 15 is 0 Å². The fraction of sp³-hybridized carbons (Fsp3) is 0.0417. The molecule has 8 heteroatoms. The Morgan fingerprint density at radius 2 is 1.94 bits per heavy atom. The highest BCUT2D eigenvalue weighted by atomic mass is 35.5. The number of hydrogen-bond acceptors (Lipinski definition) is 5. The Hall–Kier alpha value is -4.15. The Balaban J connectivity index is 1.67. The first-order chi connectivity index (χ1) is 15.4. The molecule has 0 aliphatic carbocycles. The van der Waals surface area contributed by atoms with E-state index in [1.165, 1.54) is 30.5 Å². The van der Waals surface area contributed by atoms with Gasteiger partial charge in [0.15, 0.2) is 0 Å². The molecule has 32 heavy (non-hydrogen) atoms. The smallest absolute Gasteiger partial charge is 0.335 e. The van der Waals surface area contributed by atoms with Crippen molar-refractivity contribution in [3.05, 3.63) is 94.4 Å². The maximum atomic E-state index is 13.5. The van der Waals surface area contributed by atoms with E-state index in [1.807, 2.05) is 24.3 Å². The summed E-state index contributed by atoms with van der Waals surface area (Å²) in [5.41, 5.74) is 3.84. The van der Waals surface area contributed by atoms with Gasteiger partial charge in [-0.2, -0.15) is 5.26 Å². The number of carboxylic acid groups (broad SMARTS) is 1. The van der Waals surface area contributed by atoms with Gasteiger partial charge in [0.25, 0.3) is 0 Å². The first-order valence-corrected chi connectivity index (χ1v) is 9.93. The largest absolute Gasteiger partial charge is 0.478 e. The number of halogens is 2. The number of anilines is 3.